The predicted octanol–water partition coefficient (Wildman–Crippen LogP) is 3.11. The van der Waals surface area contributed by atoms with Gasteiger partial charge in [-0.1, -0.05) is 18.2 Å². The highest BCUT2D eigenvalue weighted by Gasteiger charge is 2.19. The third kappa shape index (κ3) is 2.44. The summed E-state index contributed by atoms with van der Waals surface area (Å²) in [4.78, 5) is 2.48. The molecule has 2 nitrogen and oxygen atoms in total. The predicted molar refractivity (Wildman–Crippen MR) is 76.9 cm³/mol. The largest absolute Gasteiger partial charge is 0.396 e. The van der Waals surface area contributed by atoms with Crippen molar-refractivity contribution in [3.05, 3.63) is 35.2 Å². The second-order valence-corrected chi connectivity index (χ2v) is 6.09. The average Bonchev–Trinajstić information content (AvgIpc) is 2.83. The van der Waals surface area contributed by atoms with E-state index in [0.29, 0.717) is 12.5 Å². The number of hydrogen-bond donors (Lipinski definition) is 1. The molecule has 96 valence electrons. The summed E-state index contributed by atoms with van der Waals surface area (Å²) in [6.45, 7) is 3.57. The van der Waals surface area contributed by atoms with Crippen LogP contribution in [0.15, 0.2) is 29.6 Å². The molecule has 1 unspecified atom stereocenters. The monoisotopic (exact) mass is 261 g/mol. The molecule has 1 atom stereocenters. The molecular formula is C15H19NOS. The summed E-state index contributed by atoms with van der Waals surface area (Å²) in [6.07, 6.45) is 2.39. The van der Waals surface area contributed by atoms with Crippen LogP contribution in [0.5, 0.6) is 0 Å². The SMILES string of the molecule is OCC1CCCN(Cc2csc3ccccc23)C1. The Morgan fingerprint density at radius 3 is 3.11 bits per heavy atom. The quantitative estimate of drug-likeness (QED) is 0.917. The van der Waals surface area contributed by atoms with Crippen LogP contribution in [0.2, 0.25) is 0 Å². The van der Waals surface area contributed by atoms with Gasteiger partial charge in [-0.3, -0.25) is 4.90 Å². The van der Waals surface area contributed by atoms with Crippen LogP contribution in [-0.4, -0.2) is 29.7 Å². The number of nitrogens with zero attached hydrogens (tertiary/aromatic N) is 1. The minimum absolute atomic E-state index is 0.334. The highest BCUT2D eigenvalue weighted by Crippen LogP contribution is 2.28. The lowest BCUT2D eigenvalue weighted by Gasteiger charge is -2.31. The average molecular weight is 261 g/mol. The fraction of sp³-hybridized carbons (Fsp3) is 0.467. The molecular weight excluding hydrogens is 242 g/mol. The number of thiophene rings is 1. The molecule has 0 spiro atoms. The Balaban J connectivity index is 1.76. The number of likely N-dealkylation sites (tertiary alicyclic amines) is 1. The lowest BCUT2D eigenvalue weighted by molar-refractivity contribution is 0.116. The van der Waals surface area contributed by atoms with E-state index >= 15 is 0 Å². The van der Waals surface area contributed by atoms with Gasteiger partial charge in [-0.15, -0.1) is 11.3 Å². The topological polar surface area (TPSA) is 23.5 Å². The Hall–Kier alpha value is -0.900. The van der Waals surface area contributed by atoms with Gasteiger partial charge in [0, 0.05) is 24.4 Å². The molecule has 1 N–H and O–H groups in total. The standard InChI is InChI=1S/C15H19NOS/c17-10-12-4-3-7-16(8-12)9-13-11-18-15-6-2-1-5-14(13)15/h1-2,5-6,11-12,17H,3-4,7-10H2. The number of piperidine rings is 1. The van der Waals surface area contributed by atoms with Crippen LogP contribution in [0.3, 0.4) is 0 Å². The van der Waals surface area contributed by atoms with Gasteiger partial charge in [-0.25, -0.2) is 0 Å². The van der Waals surface area contributed by atoms with Crippen LogP contribution in [-0.2, 0) is 6.54 Å². The summed E-state index contributed by atoms with van der Waals surface area (Å²) < 4.78 is 1.38. The number of hydrogen-bond acceptors (Lipinski definition) is 3. The van der Waals surface area contributed by atoms with Gasteiger partial charge in [0.1, 0.15) is 0 Å². The zero-order valence-electron chi connectivity index (χ0n) is 10.5. The molecule has 1 aromatic heterocycles. The van der Waals surface area contributed by atoms with Gasteiger partial charge in [0.15, 0.2) is 0 Å². The van der Waals surface area contributed by atoms with E-state index in [9.17, 15) is 5.11 Å². The van der Waals surface area contributed by atoms with Crippen LogP contribution in [0.1, 0.15) is 18.4 Å². The lowest BCUT2D eigenvalue weighted by atomic mass is 9.98. The Morgan fingerprint density at radius 1 is 1.33 bits per heavy atom. The molecule has 3 heteroatoms. The van der Waals surface area contributed by atoms with Crippen molar-refractivity contribution in [3.63, 3.8) is 0 Å². The summed E-state index contributed by atoms with van der Waals surface area (Å²) in [7, 11) is 0. The number of aliphatic hydroxyl groups is 1. The Kier molecular flexibility index (Phi) is 3.64. The molecule has 1 aliphatic rings. The van der Waals surface area contributed by atoms with Crippen molar-refractivity contribution in [2.45, 2.75) is 19.4 Å². The Morgan fingerprint density at radius 2 is 2.22 bits per heavy atom. The van der Waals surface area contributed by atoms with Gasteiger partial charge in [0.05, 0.1) is 0 Å². The van der Waals surface area contributed by atoms with E-state index in [1.807, 2.05) is 11.3 Å². The molecule has 0 amide bonds. The highest BCUT2D eigenvalue weighted by molar-refractivity contribution is 7.17. The summed E-state index contributed by atoms with van der Waals surface area (Å²) in [5.74, 6) is 0.476. The molecule has 0 aliphatic carbocycles. The first-order chi connectivity index (χ1) is 8.86. The molecule has 3 rings (SSSR count). The third-order valence-electron chi connectivity index (χ3n) is 3.82. The number of rotatable bonds is 3. The van der Waals surface area contributed by atoms with E-state index in [2.05, 4.69) is 34.5 Å². The van der Waals surface area contributed by atoms with E-state index < -0.39 is 0 Å². The minimum atomic E-state index is 0.334. The normalized spacial score (nSPS) is 21.5. The zero-order valence-corrected chi connectivity index (χ0v) is 11.3. The van der Waals surface area contributed by atoms with Crippen molar-refractivity contribution >= 4 is 21.4 Å². The second kappa shape index (κ2) is 5.39. The van der Waals surface area contributed by atoms with Gasteiger partial charge < -0.3 is 5.11 Å². The van der Waals surface area contributed by atoms with Crippen LogP contribution >= 0.6 is 11.3 Å². The lowest BCUT2D eigenvalue weighted by Crippen LogP contribution is -2.36. The molecule has 2 aromatic rings. The van der Waals surface area contributed by atoms with Crippen molar-refractivity contribution in [2.75, 3.05) is 19.7 Å². The van der Waals surface area contributed by atoms with Crippen LogP contribution in [0.25, 0.3) is 10.1 Å². The molecule has 18 heavy (non-hydrogen) atoms. The molecule has 1 aliphatic heterocycles. The summed E-state index contributed by atoms with van der Waals surface area (Å²) >= 11 is 1.83. The Bertz CT molecular complexity index is 522. The maximum absolute atomic E-state index is 9.28. The highest BCUT2D eigenvalue weighted by atomic mass is 32.1. The number of benzene rings is 1. The van der Waals surface area contributed by atoms with Gasteiger partial charge in [-0.05, 0) is 47.7 Å². The fourth-order valence-corrected chi connectivity index (χ4v) is 3.79. The van der Waals surface area contributed by atoms with Crippen molar-refractivity contribution in [1.82, 2.24) is 4.90 Å². The smallest absolute Gasteiger partial charge is 0.0471 e. The number of aliphatic hydroxyl groups excluding tert-OH is 1. The van der Waals surface area contributed by atoms with Gasteiger partial charge in [-0.2, -0.15) is 0 Å². The molecule has 0 saturated carbocycles. The second-order valence-electron chi connectivity index (χ2n) is 5.18. The molecule has 1 saturated heterocycles. The maximum Gasteiger partial charge on any atom is 0.0471 e. The molecule has 1 aromatic carbocycles. The van der Waals surface area contributed by atoms with E-state index in [0.717, 1.165) is 13.1 Å². The van der Waals surface area contributed by atoms with E-state index in [-0.39, 0.29) is 0 Å². The van der Waals surface area contributed by atoms with E-state index in [1.165, 1.54) is 35.0 Å². The first kappa shape index (κ1) is 12.2. The fourth-order valence-electron chi connectivity index (χ4n) is 2.84. The molecule has 1 fully saturated rings. The van der Waals surface area contributed by atoms with Gasteiger partial charge in [0.2, 0.25) is 0 Å². The molecule has 0 bridgehead atoms. The maximum atomic E-state index is 9.28. The van der Waals surface area contributed by atoms with Crippen LogP contribution < -0.4 is 0 Å². The summed E-state index contributed by atoms with van der Waals surface area (Å²) in [5, 5.41) is 13.0. The van der Waals surface area contributed by atoms with Crippen molar-refractivity contribution in [2.24, 2.45) is 5.92 Å². The van der Waals surface area contributed by atoms with E-state index in [1.54, 1.807) is 0 Å². The Labute approximate surface area is 112 Å². The zero-order chi connectivity index (χ0) is 12.4. The summed E-state index contributed by atoms with van der Waals surface area (Å²) in [6, 6.07) is 8.63. The summed E-state index contributed by atoms with van der Waals surface area (Å²) in [5.41, 5.74) is 1.44. The minimum Gasteiger partial charge on any atom is -0.396 e. The molecule has 2 heterocycles. The van der Waals surface area contributed by atoms with Crippen molar-refractivity contribution in [1.29, 1.82) is 0 Å². The first-order valence-corrected chi connectivity index (χ1v) is 7.53. The van der Waals surface area contributed by atoms with E-state index in [4.69, 9.17) is 0 Å². The van der Waals surface area contributed by atoms with Crippen molar-refractivity contribution < 1.29 is 5.11 Å². The van der Waals surface area contributed by atoms with Gasteiger partial charge >= 0.3 is 0 Å². The molecule has 0 radical (unpaired) electrons. The first-order valence-electron chi connectivity index (χ1n) is 6.65. The van der Waals surface area contributed by atoms with Crippen molar-refractivity contribution in [3.8, 4) is 0 Å². The third-order valence-corrected chi connectivity index (χ3v) is 4.83. The van der Waals surface area contributed by atoms with Crippen LogP contribution in [0, 0.1) is 5.92 Å². The number of fused-ring (bicyclic) bond motifs is 1. The van der Waals surface area contributed by atoms with Gasteiger partial charge in [0.25, 0.3) is 0 Å². The van der Waals surface area contributed by atoms with Crippen LogP contribution in [0.4, 0.5) is 0 Å².